The average molecular weight is 338 g/mol. The van der Waals surface area contributed by atoms with E-state index in [1.54, 1.807) is 0 Å². The zero-order chi connectivity index (χ0) is 14.0. The maximum Gasteiger partial charge on any atom is 0.419 e. The second-order valence-electron chi connectivity index (χ2n) is 4.76. The third kappa shape index (κ3) is 3.63. The molecular weight excluding hydrogens is 323 g/mol. The van der Waals surface area contributed by atoms with Gasteiger partial charge in [-0.1, -0.05) is 22.9 Å². The molecule has 2 rings (SSSR count). The lowest BCUT2D eigenvalue weighted by Gasteiger charge is -2.31. The van der Waals surface area contributed by atoms with E-state index in [1.807, 2.05) is 6.92 Å². The van der Waals surface area contributed by atoms with E-state index in [9.17, 15) is 13.2 Å². The molecule has 0 aromatic heterocycles. The van der Waals surface area contributed by atoms with Gasteiger partial charge in [0.1, 0.15) is 11.9 Å². The van der Waals surface area contributed by atoms with E-state index in [1.165, 1.54) is 12.1 Å². The van der Waals surface area contributed by atoms with Crippen molar-refractivity contribution in [3.8, 4) is 5.75 Å². The summed E-state index contributed by atoms with van der Waals surface area (Å²) < 4.78 is 44.9. The molecule has 0 amide bonds. The molecule has 0 spiro atoms. The first kappa shape index (κ1) is 14.7. The van der Waals surface area contributed by atoms with Gasteiger partial charge < -0.3 is 10.1 Å². The van der Waals surface area contributed by atoms with E-state index in [-0.39, 0.29) is 17.8 Å². The van der Waals surface area contributed by atoms with E-state index < -0.39 is 11.7 Å². The summed E-state index contributed by atoms with van der Waals surface area (Å²) in [4.78, 5) is 0. The molecular formula is C13H15BrF3NO. The number of ether oxygens (including phenoxy) is 1. The molecule has 0 radical (unpaired) electrons. The molecule has 1 aromatic rings. The van der Waals surface area contributed by atoms with Crippen LogP contribution in [0.3, 0.4) is 0 Å². The lowest BCUT2D eigenvalue weighted by atomic mass is 9.97. The van der Waals surface area contributed by atoms with Crippen molar-refractivity contribution in [3.05, 3.63) is 28.2 Å². The predicted octanol–water partition coefficient (Wildman–Crippen LogP) is 3.84. The number of rotatable bonds is 2. The standard InChI is InChI=1S/C13H15BrF3NO/c1-8-4-5-18-7-12(8)19-11-6-9(14)2-3-10(11)13(15,16)17/h2-3,6,8,12,18H,4-5,7H2,1H3. The maximum absolute atomic E-state index is 12.9. The molecule has 0 bridgehead atoms. The summed E-state index contributed by atoms with van der Waals surface area (Å²) in [6.07, 6.45) is -3.73. The maximum atomic E-state index is 12.9. The Balaban J connectivity index is 2.25. The molecule has 19 heavy (non-hydrogen) atoms. The van der Waals surface area contributed by atoms with Crippen LogP contribution in [0.2, 0.25) is 0 Å². The Labute approximate surface area is 118 Å². The number of halogens is 4. The van der Waals surface area contributed by atoms with Crippen LogP contribution in [0.5, 0.6) is 5.75 Å². The fourth-order valence-electron chi connectivity index (χ4n) is 2.11. The highest BCUT2D eigenvalue weighted by molar-refractivity contribution is 9.10. The molecule has 1 saturated heterocycles. The van der Waals surface area contributed by atoms with Crippen LogP contribution in [0.4, 0.5) is 13.2 Å². The van der Waals surface area contributed by atoms with Crippen LogP contribution in [-0.4, -0.2) is 19.2 Å². The molecule has 1 aliphatic rings. The number of hydrogen-bond acceptors (Lipinski definition) is 2. The Bertz CT molecular complexity index is 450. The van der Waals surface area contributed by atoms with Gasteiger partial charge in [0, 0.05) is 11.0 Å². The van der Waals surface area contributed by atoms with Gasteiger partial charge in [0.2, 0.25) is 0 Å². The summed E-state index contributed by atoms with van der Waals surface area (Å²) in [6.45, 7) is 3.45. The van der Waals surface area contributed by atoms with Gasteiger partial charge in [-0.3, -0.25) is 0 Å². The summed E-state index contributed by atoms with van der Waals surface area (Å²) >= 11 is 3.18. The third-order valence-corrected chi connectivity index (χ3v) is 3.78. The molecule has 0 saturated carbocycles. The van der Waals surface area contributed by atoms with E-state index >= 15 is 0 Å². The fourth-order valence-corrected chi connectivity index (χ4v) is 2.45. The van der Waals surface area contributed by atoms with Crippen LogP contribution in [-0.2, 0) is 6.18 Å². The Morgan fingerprint density at radius 3 is 2.74 bits per heavy atom. The summed E-state index contributed by atoms with van der Waals surface area (Å²) in [5.41, 5.74) is -0.728. The Morgan fingerprint density at radius 1 is 1.37 bits per heavy atom. The van der Waals surface area contributed by atoms with Crippen molar-refractivity contribution in [1.29, 1.82) is 0 Å². The zero-order valence-electron chi connectivity index (χ0n) is 10.4. The normalized spacial score (nSPS) is 24.3. The second-order valence-corrected chi connectivity index (χ2v) is 5.68. The minimum Gasteiger partial charge on any atom is -0.488 e. The molecule has 1 aliphatic heterocycles. The molecule has 0 aliphatic carbocycles. The van der Waals surface area contributed by atoms with Gasteiger partial charge in [-0.15, -0.1) is 0 Å². The molecule has 1 N–H and O–H groups in total. The van der Waals surface area contributed by atoms with Crippen LogP contribution in [0, 0.1) is 5.92 Å². The number of hydrogen-bond donors (Lipinski definition) is 1. The molecule has 1 heterocycles. The Morgan fingerprint density at radius 2 is 2.11 bits per heavy atom. The van der Waals surface area contributed by atoms with Crippen molar-refractivity contribution in [2.75, 3.05) is 13.1 Å². The van der Waals surface area contributed by atoms with Crippen molar-refractivity contribution >= 4 is 15.9 Å². The van der Waals surface area contributed by atoms with Crippen molar-refractivity contribution < 1.29 is 17.9 Å². The summed E-state index contributed by atoms with van der Waals surface area (Å²) in [5.74, 6) is 0.128. The SMILES string of the molecule is CC1CCNCC1Oc1cc(Br)ccc1C(F)(F)F. The van der Waals surface area contributed by atoms with Crippen molar-refractivity contribution in [2.45, 2.75) is 25.6 Å². The number of benzene rings is 1. The van der Waals surface area contributed by atoms with Crippen LogP contribution in [0.25, 0.3) is 0 Å². The highest BCUT2D eigenvalue weighted by atomic mass is 79.9. The van der Waals surface area contributed by atoms with Crippen LogP contribution < -0.4 is 10.1 Å². The Kier molecular flexibility index (Phi) is 4.40. The number of nitrogens with one attached hydrogen (secondary N) is 1. The zero-order valence-corrected chi connectivity index (χ0v) is 12.0. The predicted molar refractivity (Wildman–Crippen MR) is 70.2 cm³/mol. The molecule has 2 nitrogen and oxygen atoms in total. The van der Waals surface area contributed by atoms with Gasteiger partial charge in [0.05, 0.1) is 5.56 Å². The van der Waals surface area contributed by atoms with E-state index in [4.69, 9.17) is 4.74 Å². The van der Waals surface area contributed by atoms with E-state index in [2.05, 4.69) is 21.2 Å². The molecule has 2 atom stereocenters. The topological polar surface area (TPSA) is 21.3 Å². The summed E-state index contributed by atoms with van der Waals surface area (Å²) in [7, 11) is 0. The van der Waals surface area contributed by atoms with Crippen molar-refractivity contribution in [1.82, 2.24) is 5.32 Å². The smallest absolute Gasteiger partial charge is 0.419 e. The lowest BCUT2D eigenvalue weighted by Crippen LogP contribution is -2.43. The van der Waals surface area contributed by atoms with Crippen LogP contribution in [0.15, 0.2) is 22.7 Å². The largest absolute Gasteiger partial charge is 0.488 e. The first-order valence-corrected chi connectivity index (χ1v) is 6.91. The lowest BCUT2D eigenvalue weighted by molar-refractivity contribution is -0.139. The quantitative estimate of drug-likeness (QED) is 0.885. The second kappa shape index (κ2) is 5.71. The van der Waals surface area contributed by atoms with Crippen molar-refractivity contribution in [2.24, 2.45) is 5.92 Å². The van der Waals surface area contributed by atoms with Gasteiger partial charge in [0.25, 0.3) is 0 Å². The minimum absolute atomic E-state index is 0.109. The van der Waals surface area contributed by atoms with E-state index in [0.717, 1.165) is 19.0 Å². The first-order valence-electron chi connectivity index (χ1n) is 6.12. The molecule has 106 valence electrons. The average Bonchev–Trinajstić information content (AvgIpc) is 2.30. The van der Waals surface area contributed by atoms with E-state index in [0.29, 0.717) is 11.0 Å². The van der Waals surface area contributed by atoms with Gasteiger partial charge in [-0.25, -0.2) is 0 Å². The fraction of sp³-hybridized carbons (Fsp3) is 0.538. The highest BCUT2D eigenvalue weighted by Gasteiger charge is 2.35. The van der Waals surface area contributed by atoms with Gasteiger partial charge in [0.15, 0.2) is 0 Å². The van der Waals surface area contributed by atoms with Gasteiger partial charge in [-0.2, -0.15) is 13.2 Å². The molecule has 6 heteroatoms. The van der Waals surface area contributed by atoms with Crippen LogP contribution in [0.1, 0.15) is 18.9 Å². The summed E-state index contributed by atoms with van der Waals surface area (Å²) in [5, 5.41) is 3.14. The number of piperidine rings is 1. The van der Waals surface area contributed by atoms with Gasteiger partial charge in [-0.05, 0) is 37.1 Å². The third-order valence-electron chi connectivity index (χ3n) is 3.28. The van der Waals surface area contributed by atoms with Crippen LogP contribution >= 0.6 is 15.9 Å². The monoisotopic (exact) mass is 337 g/mol. The molecule has 2 unspecified atom stereocenters. The molecule has 1 aromatic carbocycles. The molecule has 1 fully saturated rings. The highest BCUT2D eigenvalue weighted by Crippen LogP contribution is 2.38. The minimum atomic E-state index is -4.40. The number of alkyl halides is 3. The van der Waals surface area contributed by atoms with Gasteiger partial charge >= 0.3 is 6.18 Å². The van der Waals surface area contributed by atoms with Crippen molar-refractivity contribution in [3.63, 3.8) is 0 Å². The first-order chi connectivity index (χ1) is 8.88. The summed E-state index contributed by atoms with van der Waals surface area (Å²) in [6, 6.07) is 3.79. The Hall–Kier alpha value is -0.750.